The van der Waals surface area contributed by atoms with E-state index in [1.807, 2.05) is 0 Å². The summed E-state index contributed by atoms with van der Waals surface area (Å²) in [7, 11) is 1.43. The SMILES string of the molecule is COC(=O)[C@]1(N)CCC[C@H](C2CC2)C1.Cl. The normalized spacial score (nSPS) is 35.5. The fourth-order valence-electron chi connectivity index (χ4n) is 2.71. The van der Waals surface area contributed by atoms with E-state index in [0.717, 1.165) is 25.2 Å². The lowest BCUT2D eigenvalue weighted by atomic mass is 9.74. The number of hydrogen-bond acceptors (Lipinski definition) is 3. The van der Waals surface area contributed by atoms with Crippen LogP contribution in [0.1, 0.15) is 38.5 Å². The Hall–Kier alpha value is -0.280. The van der Waals surface area contributed by atoms with E-state index in [0.29, 0.717) is 5.92 Å². The van der Waals surface area contributed by atoms with Crippen molar-refractivity contribution in [1.82, 2.24) is 0 Å². The van der Waals surface area contributed by atoms with Crippen LogP contribution in [-0.4, -0.2) is 18.6 Å². The van der Waals surface area contributed by atoms with Crippen LogP contribution in [0.25, 0.3) is 0 Å². The van der Waals surface area contributed by atoms with E-state index in [1.165, 1.54) is 26.4 Å². The minimum Gasteiger partial charge on any atom is -0.468 e. The number of nitrogens with two attached hydrogens (primary N) is 1. The molecular weight excluding hydrogens is 214 g/mol. The zero-order valence-electron chi connectivity index (χ0n) is 9.20. The summed E-state index contributed by atoms with van der Waals surface area (Å²) in [6.45, 7) is 0. The van der Waals surface area contributed by atoms with Gasteiger partial charge in [0.1, 0.15) is 5.54 Å². The van der Waals surface area contributed by atoms with Crippen molar-refractivity contribution >= 4 is 18.4 Å². The van der Waals surface area contributed by atoms with Gasteiger partial charge in [-0.1, -0.05) is 12.8 Å². The molecule has 0 heterocycles. The standard InChI is InChI=1S/C11H19NO2.ClH/c1-14-10(13)11(12)6-2-3-9(7-11)8-4-5-8;/h8-9H,2-7,12H2,1H3;1H/t9-,11-;/m0./s1. The molecule has 2 saturated carbocycles. The quantitative estimate of drug-likeness (QED) is 0.741. The Morgan fingerprint density at radius 2 is 2.00 bits per heavy atom. The Balaban J connectivity index is 0.00000112. The lowest BCUT2D eigenvalue weighted by molar-refractivity contribution is -0.149. The highest BCUT2D eigenvalue weighted by Gasteiger charge is 2.44. The van der Waals surface area contributed by atoms with E-state index in [2.05, 4.69) is 0 Å². The zero-order valence-corrected chi connectivity index (χ0v) is 10.0. The highest BCUT2D eigenvalue weighted by atomic mass is 35.5. The predicted octanol–water partition coefficient (Wildman–Crippen LogP) is 1.88. The third kappa shape index (κ3) is 2.64. The lowest BCUT2D eigenvalue weighted by Crippen LogP contribution is -2.52. The summed E-state index contributed by atoms with van der Waals surface area (Å²) in [6.07, 6.45) is 6.63. The molecule has 0 aromatic rings. The molecule has 2 fully saturated rings. The summed E-state index contributed by atoms with van der Waals surface area (Å²) in [5, 5.41) is 0. The minimum atomic E-state index is -0.680. The number of esters is 1. The van der Waals surface area contributed by atoms with Gasteiger partial charge >= 0.3 is 5.97 Å². The van der Waals surface area contributed by atoms with Crippen LogP contribution < -0.4 is 5.73 Å². The second kappa shape index (κ2) is 4.71. The van der Waals surface area contributed by atoms with Gasteiger partial charge in [0.15, 0.2) is 0 Å². The molecule has 0 aromatic heterocycles. The first-order chi connectivity index (χ1) is 6.65. The largest absolute Gasteiger partial charge is 0.468 e. The van der Waals surface area contributed by atoms with Gasteiger partial charge in [-0.05, 0) is 37.5 Å². The zero-order chi connectivity index (χ0) is 10.2. The molecule has 0 spiro atoms. The topological polar surface area (TPSA) is 52.3 Å². The van der Waals surface area contributed by atoms with Gasteiger partial charge in [0, 0.05) is 0 Å². The number of halogens is 1. The summed E-state index contributed by atoms with van der Waals surface area (Å²) >= 11 is 0. The Labute approximate surface area is 97.1 Å². The van der Waals surface area contributed by atoms with Crippen LogP contribution in [0, 0.1) is 11.8 Å². The highest BCUT2D eigenvalue weighted by molar-refractivity contribution is 5.85. The van der Waals surface area contributed by atoms with Gasteiger partial charge in [0.25, 0.3) is 0 Å². The van der Waals surface area contributed by atoms with E-state index in [9.17, 15) is 4.79 Å². The lowest BCUT2D eigenvalue weighted by Gasteiger charge is -2.35. The summed E-state index contributed by atoms with van der Waals surface area (Å²) in [4.78, 5) is 11.5. The molecular formula is C11H20ClNO2. The van der Waals surface area contributed by atoms with Crippen molar-refractivity contribution in [3.05, 3.63) is 0 Å². The minimum absolute atomic E-state index is 0. The number of methoxy groups -OCH3 is 1. The van der Waals surface area contributed by atoms with Crippen LogP contribution in [0.5, 0.6) is 0 Å². The summed E-state index contributed by atoms with van der Waals surface area (Å²) in [5.41, 5.74) is 5.41. The molecule has 0 bridgehead atoms. The Morgan fingerprint density at radius 3 is 2.53 bits per heavy atom. The molecule has 2 N–H and O–H groups in total. The smallest absolute Gasteiger partial charge is 0.325 e. The van der Waals surface area contributed by atoms with Crippen LogP contribution in [0.2, 0.25) is 0 Å². The Morgan fingerprint density at radius 1 is 1.33 bits per heavy atom. The van der Waals surface area contributed by atoms with Crippen LogP contribution in [-0.2, 0) is 9.53 Å². The number of carbonyl (C=O) groups is 1. The van der Waals surface area contributed by atoms with Crippen molar-refractivity contribution in [1.29, 1.82) is 0 Å². The van der Waals surface area contributed by atoms with E-state index in [4.69, 9.17) is 10.5 Å². The average molecular weight is 234 g/mol. The molecule has 3 nitrogen and oxygen atoms in total. The van der Waals surface area contributed by atoms with Crippen molar-refractivity contribution in [2.24, 2.45) is 17.6 Å². The summed E-state index contributed by atoms with van der Waals surface area (Å²) in [5.74, 6) is 1.30. The first kappa shape index (κ1) is 12.8. The third-order valence-electron chi connectivity index (χ3n) is 3.70. The van der Waals surface area contributed by atoms with E-state index in [1.54, 1.807) is 0 Å². The molecule has 0 amide bonds. The number of carbonyl (C=O) groups excluding carboxylic acids is 1. The van der Waals surface area contributed by atoms with Gasteiger partial charge in [-0.3, -0.25) is 4.79 Å². The van der Waals surface area contributed by atoms with Crippen LogP contribution in [0.3, 0.4) is 0 Å². The number of rotatable bonds is 2. The number of hydrogen-bond donors (Lipinski definition) is 1. The van der Waals surface area contributed by atoms with Gasteiger partial charge in [-0.15, -0.1) is 12.4 Å². The maximum absolute atomic E-state index is 11.5. The molecule has 88 valence electrons. The molecule has 0 unspecified atom stereocenters. The number of ether oxygens (including phenoxy) is 1. The van der Waals surface area contributed by atoms with Crippen molar-refractivity contribution in [3.63, 3.8) is 0 Å². The van der Waals surface area contributed by atoms with Crippen molar-refractivity contribution in [3.8, 4) is 0 Å². The molecule has 0 aromatic carbocycles. The predicted molar refractivity (Wildman–Crippen MR) is 60.9 cm³/mol. The Bertz CT molecular complexity index is 243. The van der Waals surface area contributed by atoms with Gasteiger partial charge < -0.3 is 10.5 Å². The van der Waals surface area contributed by atoms with Crippen molar-refractivity contribution < 1.29 is 9.53 Å². The van der Waals surface area contributed by atoms with Gasteiger partial charge in [0.2, 0.25) is 0 Å². The average Bonchev–Trinajstić information content (AvgIpc) is 3.00. The van der Waals surface area contributed by atoms with Crippen molar-refractivity contribution in [2.45, 2.75) is 44.1 Å². The van der Waals surface area contributed by atoms with Crippen molar-refractivity contribution in [2.75, 3.05) is 7.11 Å². The second-order valence-electron chi connectivity index (χ2n) is 4.84. The van der Waals surface area contributed by atoms with E-state index in [-0.39, 0.29) is 18.4 Å². The van der Waals surface area contributed by atoms with E-state index < -0.39 is 5.54 Å². The second-order valence-corrected chi connectivity index (χ2v) is 4.84. The molecule has 0 radical (unpaired) electrons. The van der Waals surface area contributed by atoms with Gasteiger partial charge in [0.05, 0.1) is 7.11 Å². The van der Waals surface area contributed by atoms with Crippen LogP contribution in [0.15, 0.2) is 0 Å². The molecule has 2 aliphatic carbocycles. The van der Waals surface area contributed by atoms with Gasteiger partial charge in [-0.2, -0.15) is 0 Å². The summed E-state index contributed by atoms with van der Waals surface area (Å²) in [6, 6.07) is 0. The fraction of sp³-hybridized carbons (Fsp3) is 0.909. The first-order valence-corrected chi connectivity index (χ1v) is 5.53. The first-order valence-electron chi connectivity index (χ1n) is 5.53. The molecule has 2 atom stereocenters. The fourth-order valence-corrected chi connectivity index (χ4v) is 2.71. The molecule has 4 heteroatoms. The van der Waals surface area contributed by atoms with E-state index >= 15 is 0 Å². The monoisotopic (exact) mass is 233 g/mol. The molecule has 15 heavy (non-hydrogen) atoms. The van der Waals surface area contributed by atoms with Crippen LogP contribution in [0.4, 0.5) is 0 Å². The summed E-state index contributed by atoms with van der Waals surface area (Å²) < 4.78 is 4.78. The maximum Gasteiger partial charge on any atom is 0.325 e. The van der Waals surface area contributed by atoms with Crippen LogP contribution >= 0.6 is 12.4 Å². The molecule has 0 saturated heterocycles. The highest BCUT2D eigenvalue weighted by Crippen LogP contribution is 2.46. The molecule has 2 rings (SSSR count). The Kier molecular flexibility index (Phi) is 4.01. The molecule has 2 aliphatic rings. The maximum atomic E-state index is 11.5. The third-order valence-corrected chi connectivity index (χ3v) is 3.70. The van der Waals surface area contributed by atoms with Gasteiger partial charge in [-0.25, -0.2) is 0 Å². The molecule has 0 aliphatic heterocycles.